The molecule has 31 heavy (non-hydrogen) atoms. The van der Waals surface area contributed by atoms with Crippen LogP contribution in [0.3, 0.4) is 0 Å². The molecule has 0 unspecified atom stereocenters. The predicted octanol–water partition coefficient (Wildman–Crippen LogP) is 4.67. The van der Waals surface area contributed by atoms with Crippen molar-refractivity contribution >= 4 is 5.91 Å². The van der Waals surface area contributed by atoms with E-state index in [2.05, 4.69) is 22.2 Å². The second-order valence-corrected chi connectivity index (χ2v) is 8.13. The highest BCUT2D eigenvalue weighted by Gasteiger charge is 2.20. The number of amides is 1. The summed E-state index contributed by atoms with van der Waals surface area (Å²) in [6.07, 6.45) is 4.71. The molecule has 1 saturated heterocycles. The van der Waals surface area contributed by atoms with Crippen molar-refractivity contribution in [1.82, 2.24) is 20.0 Å². The van der Waals surface area contributed by atoms with Gasteiger partial charge in [0.05, 0.1) is 11.4 Å². The van der Waals surface area contributed by atoms with Crippen LogP contribution in [-0.2, 0) is 0 Å². The Hall–Kier alpha value is -2.99. The van der Waals surface area contributed by atoms with Crippen molar-refractivity contribution in [2.75, 3.05) is 19.6 Å². The summed E-state index contributed by atoms with van der Waals surface area (Å²) < 4.78 is 15.9. The zero-order valence-corrected chi connectivity index (χ0v) is 17.9. The summed E-state index contributed by atoms with van der Waals surface area (Å²) in [5, 5.41) is 7.57. The van der Waals surface area contributed by atoms with E-state index >= 15 is 0 Å². The number of benzene rings is 2. The summed E-state index contributed by atoms with van der Waals surface area (Å²) in [5.74, 6) is -0.562. The minimum atomic E-state index is -0.358. The largest absolute Gasteiger partial charge is 0.351 e. The van der Waals surface area contributed by atoms with Gasteiger partial charge in [-0.25, -0.2) is 9.07 Å². The highest BCUT2D eigenvalue weighted by atomic mass is 19.1. The van der Waals surface area contributed by atoms with Gasteiger partial charge in [0.1, 0.15) is 11.5 Å². The number of halogens is 1. The Kier molecular flexibility index (Phi) is 6.77. The third-order valence-electron chi connectivity index (χ3n) is 5.94. The molecular formula is C25H29FN4O. The minimum absolute atomic E-state index is 0.203. The number of nitrogens with one attached hydrogen (secondary N) is 1. The number of carbonyl (C=O) groups excluding carboxylic acids is 1. The number of hydrogen-bond acceptors (Lipinski definition) is 3. The zero-order chi connectivity index (χ0) is 21.6. The smallest absolute Gasteiger partial charge is 0.270 e. The standard InChI is InChI=1S/C25H29FN4O/c1-19-10-7-8-16-29(19)17-9-15-27-25(31)24-18-23(21-13-5-6-14-22(21)26)28-30(24)20-11-3-2-4-12-20/h2-6,11-14,18-19H,7-10,15-17H2,1H3,(H,27,31)/t19-/m1/s1. The molecule has 1 N–H and O–H groups in total. The topological polar surface area (TPSA) is 50.2 Å². The maximum absolute atomic E-state index is 14.3. The van der Waals surface area contributed by atoms with Crippen LogP contribution in [0, 0.1) is 5.82 Å². The fourth-order valence-electron chi connectivity index (χ4n) is 4.17. The van der Waals surface area contributed by atoms with Crippen LogP contribution in [-0.4, -0.2) is 46.3 Å². The molecule has 0 aliphatic carbocycles. The molecule has 2 aromatic carbocycles. The molecule has 0 spiro atoms. The fraction of sp³-hybridized carbons (Fsp3) is 0.360. The highest BCUT2D eigenvalue weighted by molar-refractivity contribution is 5.94. The number of carbonyl (C=O) groups is 1. The molecular weight excluding hydrogens is 391 g/mol. The van der Waals surface area contributed by atoms with E-state index in [4.69, 9.17) is 0 Å². The molecule has 3 aromatic rings. The van der Waals surface area contributed by atoms with E-state index in [1.807, 2.05) is 30.3 Å². The Labute approximate surface area is 182 Å². The van der Waals surface area contributed by atoms with E-state index in [9.17, 15) is 9.18 Å². The summed E-state index contributed by atoms with van der Waals surface area (Å²) in [7, 11) is 0. The molecule has 2 heterocycles. The second-order valence-electron chi connectivity index (χ2n) is 8.13. The van der Waals surface area contributed by atoms with Gasteiger partial charge in [0.25, 0.3) is 5.91 Å². The van der Waals surface area contributed by atoms with Gasteiger partial charge >= 0.3 is 0 Å². The van der Waals surface area contributed by atoms with Crippen molar-refractivity contribution in [1.29, 1.82) is 0 Å². The molecule has 4 rings (SSSR count). The molecule has 1 amide bonds. The van der Waals surface area contributed by atoms with Gasteiger partial charge in [-0.3, -0.25) is 4.79 Å². The van der Waals surface area contributed by atoms with Crippen LogP contribution < -0.4 is 5.32 Å². The van der Waals surface area contributed by atoms with Crippen molar-refractivity contribution in [3.63, 3.8) is 0 Å². The van der Waals surface area contributed by atoms with Crippen LogP contribution >= 0.6 is 0 Å². The second kappa shape index (κ2) is 9.88. The molecule has 5 nitrogen and oxygen atoms in total. The average Bonchev–Trinajstić information content (AvgIpc) is 3.24. The zero-order valence-electron chi connectivity index (χ0n) is 17.9. The summed E-state index contributed by atoms with van der Waals surface area (Å²) >= 11 is 0. The number of hydrogen-bond donors (Lipinski definition) is 1. The van der Waals surface area contributed by atoms with E-state index in [0.29, 0.717) is 29.5 Å². The number of para-hydroxylation sites is 1. The fourth-order valence-corrected chi connectivity index (χ4v) is 4.17. The third-order valence-corrected chi connectivity index (χ3v) is 5.94. The van der Waals surface area contributed by atoms with E-state index in [0.717, 1.165) is 25.2 Å². The summed E-state index contributed by atoms with van der Waals surface area (Å²) in [6, 6.07) is 18.2. The van der Waals surface area contributed by atoms with E-state index in [1.165, 1.54) is 25.3 Å². The molecule has 0 radical (unpaired) electrons. The van der Waals surface area contributed by atoms with Crippen LogP contribution in [0.25, 0.3) is 16.9 Å². The normalized spacial score (nSPS) is 16.9. The van der Waals surface area contributed by atoms with E-state index < -0.39 is 0 Å². The molecule has 1 aliphatic rings. The molecule has 0 saturated carbocycles. The third kappa shape index (κ3) is 5.02. The molecule has 1 aromatic heterocycles. The van der Waals surface area contributed by atoms with Gasteiger partial charge in [0.15, 0.2) is 0 Å². The maximum Gasteiger partial charge on any atom is 0.270 e. The number of rotatable bonds is 7. The number of likely N-dealkylation sites (tertiary alicyclic amines) is 1. The Morgan fingerprint density at radius 2 is 1.90 bits per heavy atom. The SMILES string of the molecule is C[C@@H]1CCCCN1CCCNC(=O)c1cc(-c2ccccc2F)nn1-c1ccccc1. The average molecular weight is 421 g/mol. The van der Waals surface area contributed by atoms with Gasteiger partial charge in [-0.05, 0) is 63.1 Å². The molecule has 1 aliphatic heterocycles. The maximum atomic E-state index is 14.3. The molecule has 0 bridgehead atoms. The molecule has 1 fully saturated rings. The number of nitrogens with zero attached hydrogens (tertiary/aromatic N) is 3. The van der Waals surface area contributed by atoms with Crippen LogP contribution in [0.5, 0.6) is 0 Å². The molecule has 6 heteroatoms. The lowest BCUT2D eigenvalue weighted by atomic mass is 10.0. The highest BCUT2D eigenvalue weighted by Crippen LogP contribution is 2.24. The molecule has 162 valence electrons. The summed E-state index contributed by atoms with van der Waals surface area (Å²) in [4.78, 5) is 15.5. The minimum Gasteiger partial charge on any atom is -0.351 e. The van der Waals surface area contributed by atoms with Gasteiger partial charge in [-0.1, -0.05) is 36.8 Å². The lowest BCUT2D eigenvalue weighted by Gasteiger charge is -2.33. The summed E-state index contributed by atoms with van der Waals surface area (Å²) in [5.41, 5.74) is 1.98. The van der Waals surface area contributed by atoms with Crippen molar-refractivity contribution < 1.29 is 9.18 Å². The quantitative estimate of drug-likeness (QED) is 0.565. The number of aromatic nitrogens is 2. The monoisotopic (exact) mass is 420 g/mol. The first-order valence-electron chi connectivity index (χ1n) is 11.1. The van der Waals surface area contributed by atoms with Crippen LogP contribution in [0.15, 0.2) is 60.7 Å². The van der Waals surface area contributed by atoms with Crippen LogP contribution in [0.4, 0.5) is 4.39 Å². The van der Waals surface area contributed by atoms with Gasteiger partial charge in [0, 0.05) is 24.7 Å². The van der Waals surface area contributed by atoms with E-state index in [-0.39, 0.29) is 11.7 Å². The first kappa shape index (κ1) is 21.2. The first-order valence-corrected chi connectivity index (χ1v) is 11.1. The van der Waals surface area contributed by atoms with Crippen molar-refractivity contribution in [2.24, 2.45) is 0 Å². The lowest BCUT2D eigenvalue weighted by molar-refractivity contribution is 0.0941. The predicted molar refractivity (Wildman–Crippen MR) is 121 cm³/mol. The van der Waals surface area contributed by atoms with Gasteiger partial charge in [-0.15, -0.1) is 0 Å². The van der Waals surface area contributed by atoms with Crippen LogP contribution in [0.2, 0.25) is 0 Å². The lowest BCUT2D eigenvalue weighted by Crippen LogP contribution is -2.39. The van der Waals surface area contributed by atoms with Crippen molar-refractivity contribution in [2.45, 2.75) is 38.6 Å². The Bertz CT molecular complexity index is 1020. The van der Waals surface area contributed by atoms with Crippen molar-refractivity contribution in [3.8, 4) is 16.9 Å². The Morgan fingerprint density at radius 1 is 1.13 bits per heavy atom. The van der Waals surface area contributed by atoms with E-state index in [1.54, 1.807) is 28.9 Å². The van der Waals surface area contributed by atoms with Crippen LogP contribution in [0.1, 0.15) is 43.1 Å². The number of piperidine rings is 1. The van der Waals surface area contributed by atoms with Gasteiger partial charge in [0.2, 0.25) is 0 Å². The van der Waals surface area contributed by atoms with Crippen molar-refractivity contribution in [3.05, 3.63) is 72.2 Å². The Balaban J connectivity index is 1.49. The first-order chi connectivity index (χ1) is 15.1. The van der Waals surface area contributed by atoms with Gasteiger partial charge in [-0.2, -0.15) is 5.10 Å². The molecule has 1 atom stereocenters. The van der Waals surface area contributed by atoms with Gasteiger partial charge < -0.3 is 10.2 Å². The summed E-state index contributed by atoms with van der Waals surface area (Å²) in [6.45, 7) is 5.00. The Morgan fingerprint density at radius 3 is 2.68 bits per heavy atom.